The van der Waals surface area contributed by atoms with Crippen molar-refractivity contribution in [3.63, 3.8) is 0 Å². The molecule has 0 aliphatic carbocycles. The van der Waals surface area contributed by atoms with Crippen molar-refractivity contribution >= 4 is 23.2 Å². The number of thiazole rings is 1. The molecule has 0 aliphatic rings. The van der Waals surface area contributed by atoms with Crippen LogP contribution in [0.2, 0.25) is 0 Å². The first-order valence-electron chi connectivity index (χ1n) is 7.58. The van der Waals surface area contributed by atoms with Crippen LogP contribution in [0.5, 0.6) is 0 Å². The van der Waals surface area contributed by atoms with E-state index in [4.69, 9.17) is 0 Å². The largest absolute Gasteiger partial charge is 0.318 e. The van der Waals surface area contributed by atoms with Crippen LogP contribution in [0.1, 0.15) is 11.1 Å². The van der Waals surface area contributed by atoms with E-state index < -0.39 is 4.92 Å². The minimum atomic E-state index is -0.429. The summed E-state index contributed by atoms with van der Waals surface area (Å²) in [6.07, 6.45) is 1.41. The zero-order valence-corrected chi connectivity index (χ0v) is 14.6. The molecule has 1 heterocycles. The van der Waals surface area contributed by atoms with Gasteiger partial charge in [0.05, 0.1) is 22.4 Å². The molecule has 6 nitrogen and oxygen atoms in total. The van der Waals surface area contributed by atoms with Gasteiger partial charge in [-0.15, -0.1) is 16.4 Å². The predicted octanol–water partition coefficient (Wildman–Crippen LogP) is 3.91. The molecule has 3 aromatic rings. The molecule has 0 amide bonds. The number of nitro benzene ring substituents is 1. The van der Waals surface area contributed by atoms with Crippen molar-refractivity contribution in [3.05, 3.63) is 80.0 Å². The highest BCUT2D eigenvalue weighted by molar-refractivity contribution is 7.07. The summed E-state index contributed by atoms with van der Waals surface area (Å²) in [7, 11) is 1.92. The maximum atomic E-state index is 11.0. The normalized spacial score (nSPS) is 12.0. The topological polar surface area (TPSA) is 72.8 Å². The molecule has 0 radical (unpaired) electrons. The van der Waals surface area contributed by atoms with E-state index in [0.717, 1.165) is 11.3 Å². The first-order valence-corrected chi connectivity index (χ1v) is 8.46. The van der Waals surface area contributed by atoms with Crippen LogP contribution in [-0.2, 0) is 7.05 Å². The molecule has 0 aliphatic heterocycles. The van der Waals surface area contributed by atoms with Gasteiger partial charge in [-0.2, -0.15) is 5.10 Å². The molecule has 0 saturated carbocycles. The van der Waals surface area contributed by atoms with Crippen LogP contribution in [0.4, 0.5) is 5.69 Å². The molecule has 126 valence electrons. The number of rotatable bonds is 4. The van der Waals surface area contributed by atoms with Crippen molar-refractivity contribution in [3.8, 4) is 11.3 Å². The van der Waals surface area contributed by atoms with Gasteiger partial charge in [-0.05, 0) is 18.6 Å². The number of aryl methyl sites for hydroxylation is 1. The van der Waals surface area contributed by atoms with E-state index >= 15 is 0 Å². The summed E-state index contributed by atoms with van der Waals surface area (Å²) in [5.41, 5.74) is 3.80. The lowest BCUT2D eigenvalue weighted by atomic mass is 10.1. The van der Waals surface area contributed by atoms with E-state index in [1.165, 1.54) is 29.2 Å². The molecule has 0 saturated heterocycles. The monoisotopic (exact) mass is 352 g/mol. The van der Waals surface area contributed by atoms with Crippen LogP contribution in [0.25, 0.3) is 11.3 Å². The maximum absolute atomic E-state index is 11.0. The molecule has 25 heavy (non-hydrogen) atoms. The Morgan fingerprint density at radius 2 is 1.88 bits per heavy atom. The van der Waals surface area contributed by atoms with Crippen molar-refractivity contribution in [2.24, 2.45) is 17.3 Å². The summed E-state index contributed by atoms with van der Waals surface area (Å²) < 4.78 is 1.95. The fourth-order valence-corrected chi connectivity index (χ4v) is 3.21. The van der Waals surface area contributed by atoms with Gasteiger partial charge in [0.15, 0.2) is 0 Å². The van der Waals surface area contributed by atoms with Gasteiger partial charge in [0.25, 0.3) is 5.69 Å². The Morgan fingerprint density at radius 3 is 2.60 bits per heavy atom. The van der Waals surface area contributed by atoms with E-state index in [-0.39, 0.29) is 5.69 Å². The van der Waals surface area contributed by atoms with Gasteiger partial charge in [0, 0.05) is 18.5 Å². The third kappa shape index (κ3) is 3.72. The van der Waals surface area contributed by atoms with Crippen LogP contribution in [0.3, 0.4) is 0 Å². The second kappa shape index (κ2) is 7.23. The van der Waals surface area contributed by atoms with E-state index in [0.29, 0.717) is 10.4 Å². The van der Waals surface area contributed by atoms with Crippen LogP contribution in [0.15, 0.2) is 64.1 Å². The van der Waals surface area contributed by atoms with Gasteiger partial charge in [-0.1, -0.05) is 42.0 Å². The highest BCUT2D eigenvalue weighted by Crippen LogP contribution is 2.19. The van der Waals surface area contributed by atoms with Crippen molar-refractivity contribution in [2.45, 2.75) is 6.92 Å². The molecular formula is C18H16N4O2S. The van der Waals surface area contributed by atoms with Gasteiger partial charge < -0.3 is 4.57 Å². The minimum absolute atomic E-state index is 0.0114. The van der Waals surface area contributed by atoms with E-state index in [1.807, 2.05) is 17.0 Å². The number of hydrogen-bond donors (Lipinski definition) is 0. The number of para-hydroxylation sites is 1. The molecule has 1 aromatic heterocycles. The predicted molar refractivity (Wildman–Crippen MR) is 99.7 cm³/mol. The SMILES string of the molecule is Cc1ccc(-c2csc(=NN=Cc3ccccc3[N+](=O)[O-])n2C)cc1. The fraction of sp³-hybridized carbons (Fsp3) is 0.111. The van der Waals surface area contributed by atoms with Crippen molar-refractivity contribution in [2.75, 3.05) is 0 Å². The fourth-order valence-electron chi connectivity index (χ4n) is 2.35. The first-order chi connectivity index (χ1) is 12.1. The second-order valence-corrected chi connectivity index (χ2v) is 6.33. The molecule has 0 bridgehead atoms. The number of nitro groups is 1. The van der Waals surface area contributed by atoms with Gasteiger partial charge >= 0.3 is 0 Å². The van der Waals surface area contributed by atoms with Crippen LogP contribution >= 0.6 is 11.3 Å². The Labute approximate surface area is 148 Å². The van der Waals surface area contributed by atoms with E-state index in [9.17, 15) is 10.1 Å². The van der Waals surface area contributed by atoms with E-state index in [2.05, 4.69) is 41.4 Å². The highest BCUT2D eigenvalue weighted by atomic mass is 32.1. The molecule has 0 unspecified atom stereocenters. The van der Waals surface area contributed by atoms with E-state index in [1.54, 1.807) is 18.2 Å². The molecule has 0 spiro atoms. The lowest BCUT2D eigenvalue weighted by Gasteiger charge is -2.02. The summed E-state index contributed by atoms with van der Waals surface area (Å²) in [5, 5.41) is 21.2. The zero-order valence-electron chi connectivity index (χ0n) is 13.8. The minimum Gasteiger partial charge on any atom is -0.318 e. The van der Waals surface area contributed by atoms with Crippen LogP contribution in [0, 0.1) is 17.0 Å². The van der Waals surface area contributed by atoms with Gasteiger partial charge in [-0.25, -0.2) is 0 Å². The Hall–Kier alpha value is -3.06. The number of benzene rings is 2. The van der Waals surface area contributed by atoms with Gasteiger partial charge in [-0.3, -0.25) is 10.1 Å². The molecular weight excluding hydrogens is 336 g/mol. The standard InChI is InChI=1S/C18H16N4O2S/c1-13-7-9-14(10-8-13)17-12-25-18(21(17)2)20-19-11-15-5-3-4-6-16(15)22(23)24/h3-12H,1-2H3. The summed E-state index contributed by atoms with van der Waals surface area (Å²) in [4.78, 5) is 11.3. The Bertz CT molecular complexity index is 1000. The highest BCUT2D eigenvalue weighted by Gasteiger charge is 2.09. The molecule has 2 aromatic carbocycles. The summed E-state index contributed by atoms with van der Waals surface area (Å²) in [5.74, 6) is 0. The lowest BCUT2D eigenvalue weighted by molar-refractivity contribution is -0.385. The third-order valence-electron chi connectivity index (χ3n) is 3.75. The Balaban J connectivity index is 1.91. The van der Waals surface area contributed by atoms with Crippen molar-refractivity contribution in [1.29, 1.82) is 0 Å². The summed E-state index contributed by atoms with van der Waals surface area (Å²) >= 11 is 1.47. The second-order valence-electron chi connectivity index (χ2n) is 5.49. The van der Waals surface area contributed by atoms with Gasteiger partial charge in [0.2, 0.25) is 4.80 Å². The Kier molecular flexibility index (Phi) is 4.85. The van der Waals surface area contributed by atoms with Crippen molar-refractivity contribution in [1.82, 2.24) is 4.57 Å². The number of aromatic nitrogens is 1. The third-order valence-corrected chi connectivity index (χ3v) is 4.65. The molecule has 0 N–H and O–H groups in total. The summed E-state index contributed by atoms with van der Waals surface area (Å²) in [6, 6.07) is 14.7. The Morgan fingerprint density at radius 1 is 1.16 bits per heavy atom. The maximum Gasteiger partial charge on any atom is 0.278 e. The van der Waals surface area contributed by atoms with Gasteiger partial charge in [0.1, 0.15) is 0 Å². The molecule has 0 fully saturated rings. The lowest BCUT2D eigenvalue weighted by Crippen LogP contribution is -2.10. The van der Waals surface area contributed by atoms with Crippen LogP contribution in [-0.4, -0.2) is 15.7 Å². The number of hydrogen-bond acceptors (Lipinski definition) is 5. The zero-order chi connectivity index (χ0) is 17.8. The van der Waals surface area contributed by atoms with Crippen LogP contribution < -0.4 is 4.80 Å². The quantitative estimate of drug-likeness (QED) is 0.406. The van der Waals surface area contributed by atoms with Crippen molar-refractivity contribution < 1.29 is 4.92 Å². The average Bonchev–Trinajstić information content (AvgIpc) is 2.97. The average molecular weight is 352 g/mol. The number of nitrogens with zero attached hydrogens (tertiary/aromatic N) is 4. The molecule has 7 heteroatoms. The molecule has 3 rings (SSSR count). The smallest absolute Gasteiger partial charge is 0.278 e. The first kappa shape index (κ1) is 16.8. The summed E-state index contributed by atoms with van der Waals surface area (Å²) in [6.45, 7) is 2.05. The molecule has 0 atom stereocenters.